The van der Waals surface area contributed by atoms with Crippen molar-refractivity contribution in [2.45, 2.75) is 0 Å². The maximum absolute atomic E-state index is 10.3. The summed E-state index contributed by atoms with van der Waals surface area (Å²) in [7, 11) is 0. The molecule has 4 nitrogen and oxygen atoms in total. The Balaban J connectivity index is 3.03. The molecule has 58 valence electrons. The average molecular weight is 146 g/mol. The summed E-state index contributed by atoms with van der Waals surface area (Å²) in [6.07, 6.45) is 1.04. The number of rotatable bonds is 5. The molecule has 0 spiro atoms. The van der Waals surface area contributed by atoms with Crippen molar-refractivity contribution in [3.8, 4) is 0 Å². The number of aliphatic hydroxyl groups excluding tert-OH is 1. The van der Waals surface area contributed by atoms with Gasteiger partial charge < -0.3 is 14.6 Å². The fraction of sp³-hybridized carbons (Fsp3) is 0.500. The number of ether oxygens (including phenoxy) is 2. The summed E-state index contributed by atoms with van der Waals surface area (Å²) in [5, 5.41) is 8.20. The number of hydrogen-bond acceptors (Lipinski definition) is 4. The fourth-order valence-corrected chi connectivity index (χ4v) is 0.282. The predicted octanol–water partition coefficient (Wildman–Crippen LogP) is -0.318. The molecule has 0 radical (unpaired) electrons. The normalized spacial score (nSPS) is 8.90. The third-order valence-electron chi connectivity index (χ3n) is 0.687. The average Bonchev–Trinajstić information content (AvgIpc) is 1.98. The van der Waals surface area contributed by atoms with E-state index in [9.17, 15) is 4.79 Å². The van der Waals surface area contributed by atoms with Gasteiger partial charge in [-0.25, -0.2) is 4.79 Å². The molecule has 0 aliphatic carbocycles. The second-order valence-electron chi connectivity index (χ2n) is 1.42. The Labute approximate surface area is 59.1 Å². The maximum Gasteiger partial charge on any atom is 0.332 e. The molecule has 0 aromatic heterocycles. The van der Waals surface area contributed by atoms with E-state index < -0.39 is 5.97 Å². The molecule has 0 heterocycles. The Morgan fingerprint density at radius 2 is 2.40 bits per heavy atom. The number of aliphatic hydroxyl groups is 1. The zero-order valence-electron chi connectivity index (χ0n) is 5.58. The molecule has 1 N–H and O–H groups in total. The summed E-state index contributed by atoms with van der Waals surface area (Å²) >= 11 is 0. The highest BCUT2D eigenvalue weighted by Crippen LogP contribution is 1.80. The minimum atomic E-state index is -0.530. The smallest absolute Gasteiger partial charge is 0.332 e. The van der Waals surface area contributed by atoms with Crippen LogP contribution in [0.25, 0.3) is 0 Å². The molecular formula is C6H10O4. The molecule has 0 saturated heterocycles. The highest BCUT2D eigenvalue weighted by Gasteiger charge is 1.92. The highest BCUT2D eigenvalue weighted by atomic mass is 16.7. The summed E-state index contributed by atoms with van der Waals surface area (Å²) in [5.41, 5.74) is 0. The van der Waals surface area contributed by atoms with E-state index in [0.29, 0.717) is 0 Å². The van der Waals surface area contributed by atoms with Gasteiger partial charge in [-0.15, -0.1) is 0 Å². The Hall–Kier alpha value is -0.870. The number of esters is 1. The van der Waals surface area contributed by atoms with E-state index in [1.54, 1.807) is 0 Å². The molecule has 4 heteroatoms. The fourth-order valence-electron chi connectivity index (χ4n) is 0.282. The largest absolute Gasteiger partial charge is 0.435 e. The van der Waals surface area contributed by atoms with E-state index >= 15 is 0 Å². The SMILES string of the molecule is C=CC(=O)OCOCCO. The molecule has 0 atom stereocenters. The van der Waals surface area contributed by atoms with E-state index in [2.05, 4.69) is 16.1 Å². The van der Waals surface area contributed by atoms with Crippen molar-refractivity contribution in [1.82, 2.24) is 0 Å². The first-order valence-corrected chi connectivity index (χ1v) is 2.79. The summed E-state index contributed by atoms with van der Waals surface area (Å²) in [4.78, 5) is 10.3. The van der Waals surface area contributed by atoms with Gasteiger partial charge in [0.2, 0.25) is 0 Å². The van der Waals surface area contributed by atoms with Crippen molar-refractivity contribution < 1.29 is 19.4 Å². The van der Waals surface area contributed by atoms with E-state index in [0.717, 1.165) is 6.08 Å². The molecule has 0 rings (SSSR count). The first-order chi connectivity index (χ1) is 4.81. The van der Waals surface area contributed by atoms with Crippen LogP contribution in [0.1, 0.15) is 0 Å². The standard InChI is InChI=1S/C6H10O4/c1-2-6(8)10-5-9-4-3-7/h2,7H,1,3-5H2. The maximum atomic E-state index is 10.3. The monoisotopic (exact) mass is 146 g/mol. The summed E-state index contributed by atoms with van der Waals surface area (Å²) in [6.45, 7) is 3.14. The van der Waals surface area contributed by atoms with Crippen LogP contribution in [-0.2, 0) is 14.3 Å². The third kappa shape index (κ3) is 5.27. The van der Waals surface area contributed by atoms with Crippen LogP contribution in [-0.4, -0.2) is 31.1 Å². The van der Waals surface area contributed by atoms with E-state index in [1.807, 2.05) is 0 Å². The minimum Gasteiger partial charge on any atom is -0.435 e. The van der Waals surface area contributed by atoms with Crippen LogP contribution in [0.15, 0.2) is 12.7 Å². The second kappa shape index (κ2) is 6.25. The van der Waals surface area contributed by atoms with Crippen LogP contribution in [0.5, 0.6) is 0 Å². The molecule has 0 amide bonds. The molecular weight excluding hydrogens is 136 g/mol. The van der Waals surface area contributed by atoms with Crippen LogP contribution in [0.2, 0.25) is 0 Å². The van der Waals surface area contributed by atoms with Crippen LogP contribution in [0, 0.1) is 0 Å². The van der Waals surface area contributed by atoms with Gasteiger partial charge in [0.05, 0.1) is 13.2 Å². The molecule has 10 heavy (non-hydrogen) atoms. The molecule has 0 fully saturated rings. The van der Waals surface area contributed by atoms with E-state index in [-0.39, 0.29) is 20.0 Å². The number of carbonyl (C=O) groups is 1. The lowest BCUT2D eigenvalue weighted by Gasteiger charge is -2.00. The first-order valence-electron chi connectivity index (χ1n) is 2.79. The quantitative estimate of drug-likeness (QED) is 0.250. The van der Waals surface area contributed by atoms with Gasteiger partial charge in [0.1, 0.15) is 0 Å². The molecule has 0 bridgehead atoms. The highest BCUT2D eigenvalue weighted by molar-refractivity contribution is 5.81. The van der Waals surface area contributed by atoms with Gasteiger partial charge in [-0.3, -0.25) is 0 Å². The lowest BCUT2D eigenvalue weighted by atomic mass is 10.7. The molecule has 0 aliphatic rings. The topological polar surface area (TPSA) is 55.8 Å². The Kier molecular flexibility index (Phi) is 5.71. The van der Waals surface area contributed by atoms with Crippen LogP contribution >= 0.6 is 0 Å². The van der Waals surface area contributed by atoms with Gasteiger partial charge in [0.25, 0.3) is 0 Å². The Morgan fingerprint density at radius 1 is 1.70 bits per heavy atom. The van der Waals surface area contributed by atoms with Crippen LogP contribution < -0.4 is 0 Å². The van der Waals surface area contributed by atoms with Gasteiger partial charge in [-0.1, -0.05) is 6.58 Å². The van der Waals surface area contributed by atoms with Crippen molar-refractivity contribution in [3.63, 3.8) is 0 Å². The Morgan fingerprint density at radius 3 is 2.90 bits per heavy atom. The number of hydrogen-bond donors (Lipinski definition) is 1. The summed E-state index contributed by atoms with van der Waals surface area (Å²) in [5.74, 6) is -0.530. The lowest BCUT2D eigenvalue weighted by Crippen LogP contribution is -2.07. The molecule has 0 unspecified atom stereocenters. The second-order valence-corrected chi connectivity index (χ2v) is 1.42. The van der Waals surface area contributed by atoms with Crippen molar-refractivity contribution >= 4 is 5.97 Å². The first kappa shape index (κ1) is 9.13. The van der Waals surface area contributed by atoms with Gasteiger partial charge >= 0.3 is 5.97 Å². The van der Waals surface area contributed by atoms with E-state index in [1.165, 1.54) is 0 Å². The molecule has 0 aromatic carbocycles. The zero-order valence-corrected chi connectivity index (χ0v) is 5.58. The molecule has 0 saturated carbocycles. The van der Waals surface area contributed by atoms with Crippen molar-refractivity contribution in [2.24, 2.45) is 0 Å². The van der Waals surface area contributed by atoms with Crippen molar-refractivity contribution in [1.29, 1.82) is 0 Å². The van der Waals surface area contributed by atoms with Crippen LogP contribution in [0.3, 0.4) is 0 Å². The van der Waals surface area contributed by atoms with Gasteiger partial charge in [0.15, 0.2) is 6.79 Å². The van der Waals surface area contributed by atoms with Crippen molar-refractivity contribution in [2.75, 3.05) is 20.0 Å². The van der Waals surface area contributed by atoms with E-state index in [4.69, 9.17) is 5.11 Å². The third-order valence-corrected chi connectivity index (χ3v) is 0.687. The van der Waals surface area contributed by atoms with Gasteiger partial charge in [-0.2, -0.15) is 0 Å². The molecule has 0 aromatic rings. The lowest BCUT2D eigenvalue weighted by molar-refractivity contribution is -0.150. The molecule has 0 aliphatic heterocycles. The van der Waals surface area contributed by atoms with Gasteiger partial charge in [0, 0.05) is 6.08 Å². The van der Waals surface area contributed by atoms with Crippen molar-refractivity contribution in [3.05, 3.63) is 12.7 Å². The summed E-state index contributed by atoms with van der Waals surface area (Å²) in [6, 6.07) is 0. The summed E-state index contributed by atoms with van der Waals surface area (Å²) < 4.78 is 9.02. The Bertz CT molecular complexity index is 110. The predicted molar refractivity (Wildman–Crippen MR) is 34.2 cm³/mol. The van der Waals surface area contributed by atoms with Gasteiger partial charge in [-0.05, 0) is 0 Å². The van der Waals surface area contributed by atoms with Crippen LogP contribution in [0.4, 0.5) is 0 Å². The number of carbonyl (C=O) groups excluding carboxylic acids is 1. The zero-order chi connectivity index (χ0) is 7.82. The minimum absolute atomic E-state index is 0.0777.